The van der Waals surface area contributed by atoms with E-state index in [1.54, 1.807) is 89.9 Å². The van der Waals surface area contributed by atoms with Gasteiger partial charge in [0, 0.05) is 0 Å². The summed E-state index contributed by atoms with van der Waals surface area (Å²) in [6.45, 7) is 5.03. The van der Waals surface area contributed by atoms with Crippen LogP contribution in [0.1, 0.15) is 129 Å². The fourth-order valence-corrected chi connectivity index (χ4v) is 8.39. The Balaban J connectivity index is 1.21. The van der Waals surface area contributed by atoms with Crippen LogP contribution in [0.15, 0.2) is 0 Å². The first-order chi connectivity index (χ1) is 13.7. The molecule has 8 atom stereocenters. The van der Waals surface area contributed by atoms with Crippen LogP contribution in [0, 0.1) is 47.3 Å². The number of rotatable bonds is 7. The van der Waals surface area contributed by atoms with Crippen molar-refractivity contribution in [1.29, 1.82) is 0 Å². The SMILES string of the molecule is C[C@@H]1CCC[C@H](C[C@@H]2CCC[C@@H](C[C@@H]3CCC[C@@H]3CC[C@@H]3CCC[C@H]3C)C2)C1. The molecular weight excluding hydrogens is 336 g/mol. The summed E-state index contributed by atoms with van der Waals surface area (Å²) in [5.41, 5.74) is 0. The highest BCUT2D eigenvalue weighted by atomic mass is 14.4. The highest BCUT2D eigenvalue weighted by Gasteiger charge is 2.33. The zero-order valence-electron chi connectivity index (χ0n) is 19.3. The summed E-state index contributed by atoms with van der Waals surface area (Å²) in [7, 11) is 0. The highest BCUT2D eigenvalue weighted by Crippen LogP contribution is 2.46. The smallest absolute Gasteiger partial charge is 0.0383 e. The molecule has 0 saturated heterocycles. The third kappa shape index (κ3) is 5.78. The molecule has 4 saturated carbocycles. The topological polar surface area (TPSA) is 0 Å². The maximum atomic E-state index is 2.53. The van der Waals surface area contributed by atoms with Gasteiger partial charge in [-0.05, 0) is 85.9 Å². The molecule has 4 aliphatic carbocycles. The lowest BCUT2D eigenvalue weighted by Crippen LogP contribution is -2.23. The van der Waals surface area contributed by atoms with Crippen LogP contribution in [0.2, 0.25) is 0 Å². The normalized spacial score (nSPS) is 44.8. The van der Waals surface area contributed by atoms with E-state index in [9.17, 15) is 0 Å². The van der Waals surface area contributed by atoms with Crippen LogP contribution < -0.4 is 0 Å². The molecule has 4 fully saturated rings. The molecule has 0 aromatic carbocycles. The van der Waals surface area contributed by atoms with E-state index in [0.717, 1.165) is 47.3 Å². The minimum atomic E-state index is 1.01. The zero-order chi connectivity index (χ0) is 19.3. The number of hydrogen-bond acceptors (Lipinski definition) is 0. The number of hydrogen-bond donors (Lipinski definition) is 0. The van der Waals surface area contributed by atoms with E-state index in [1.807, 2.05) is 0 Å². The van der Waals surface area contributed by atoms with Crippen molar-refractivity contribution in [3.63, 3.8) is 0 Å². The lowest BCUT2D eigenvalue weighted by Gasteiger charge is -2.36. The Morgan fingerprint density at radius 2 is 1.07 bits per heavy atom. The van der Waals surface area contributed by atoms with Gasteiger partial charge in [-0.2, -0.15) is 0 Å². The Morgan fingerprint density at radius 1 is 0.500 bits per heavy atom. The van der Waals surface area contributed by atoms with Gasteiger partial charge in [-0.1, -0.05) is 90.9 Å². The minimum Gasteiger partial charge on any atom is -0.0625 e. The molecule has 0 spiro atoms. The third-order valence-corrected chi connectivity index (χ3v) is 10.0. The molecule has 0 N–H and O–H groups in total. The molecule has 0 radical (unpaired) electrons. The van der Waals surface area contributed by atoms with Crippen LogP contribution in [0.3, 0.4) is 0 Å². The van der Waals surface area contributed by atoms with Crippen molar-refractivity contribution >= 4 is 0 Å². The van der Waals surface area contributed by atoms with Gasteiger partial charge in [0.2, 0.25) is 0 Å². The van der Waals surface area contributed by atoms with E-state index in [2.05, 4.69) is 13.8 Å². The minimum absolute atomic E-state index is 1.01. The Labute approximate surface area is 177 Å². The summed E-state index contributed by atoms with van der Waals surface area (Å²) in [6.07, 6.45) is 28.0. The third-order valence-electron chi connectivity index (χ3n) is 10.0. The van der Waals surface area contributed by atoms with Crippen LogP contribution in [0.4, 0.5) is 0 Å². The van der Waals surface area contributed by atoms with Gasteiger partial charge < -0.3 is 0 Å². The largest absolute Gasteiger partial charge is 0.0625 e. The predicted molar refractivity (Wildman–Crippen MR) is 122 cm³/mol. The van der Waals surface area contributed by atoms with Crippen LogP contribution in [0.25, 0.3) is 0 Å². The molecule has 0 aliphatic heterocycles. The van der Waals surface area contributed by atoms with Crippen LogP contribution in [-0.2, 0) is 0 Å². The van der Waals surface area contributed by atoms with Crippen LogP contribution >= 0.6 is 0 Å². The van der Waals surface area contributed by atoms with Crippen molar-refractivity contribution in [1.82, 2.24) is 0 Å². The highest BCUT2D eigenvalue weighted by molar-refractivity contribution is 4.85. The molecule has 4 aliphatic rings. The van der Waals surface area contributed by atoms with Crippen molar-refractivity contribution < 1.29 is 0 Å². The van der Waals surface area contributed by atoms with E-state index in [4.69, 9.17) is 0 Å². The molecule has 0 aromatic heterocycles. The summed E-state index contributed by atoms with van der Waals surface area (Å²) in [6, 6.07) is 0. The maximum Gasteiger partial charge on any atom is -0.0383 e. The first-order valence-electron chi connectivity index (χ1n) is 13.7. The van der Waals surface area contributed by atoms with Crippen molar-refractivity contribution in [2.45, 2.75) is 129 Å². The first-order valence-corrected chi connectivity index (χ1v) is 13.7. The molecular formula is C28H50. The van der Waals surface area contributed by atoms with E-state index < -0.39 is 0 Å². The summed E-state index contributed by atoms with van der Waals surface area (Å²) in [5.74, 6) is 8.60. The lowest BCUT2D eigenvalue weighted by atomic mass is 9.70. The van der Waals surface area contributed by atoms with Crippen molar-refractivity contribution in [2.24, 2.45) is 47.3 Å². The maximum absolute atomic E-state index is 2.53. The van der Waals surface area contributed by atoms with Crippen LogP contribution in [0.5, 0.6) is 0 Å². The molecule has 0 heterocycles. The molecule has 0 bridgehead atoms. The van der Waals surface area contributed by atoms with Gasteiger partial charge >= 0.3 is 0 Å². The predicted octanol–water partition coefficient (Wildman–Crippen LogP) is 9.03. The Kier molecular flexibility index (Phi) is 7.85. The van der Waals surface area contributed by atoms with Gasteiger partial charge in [0.15, 0.2) is 0 Å². The summed E-state index contributed by atoms with van der Waals surface area (Å²) in [4.78, 5) is 0. The van der Waals surface area contributed by atoms with Gasteiger partial charge in [-0.15, -0.1) is 0 Å². The van der Waals surface area contributed by atoms with E-state index in [-0.39, 0.29) is 0 Å². The lowest BCUT2D eigenvalue weighted by molar-refractivity contribution is 0.161. The second kappa shape index (κ2) is 10.3. The monoisotopic (exact) mass is 386 g/mol. The van der Waals surface area contributed by atoms with Gasteiger partial charge in [0.25, 0.3) is 0 Å². The second-order valence-corrected chi connectivity index (χ2v) is 12.2. The van der Waals surface area contributed by atoms with Crippen molar-refractivity contribution in [3.8, 4) is 0 Å². The van der Waals surface area contributed by atoms with E-state index >= 15 is 0 Å². The van der Waals surface area contributed by atoms with Crippen molar-refractivity contribution in [2.75, 3.05) is 0 Å². The zero-order valence-corrected chi connectivity index (χ0v) is 19.3. The Morgan fingerprint density at radius 3 is 1.82 bits per heavy atom. The summed E-state index contributed by atoms with van der Waals surface area (Å²) < 4.78 is 0. The fraction of sp³-hybridized carbons (Fsp3) is 1.00. The molecule has 28 heavy (non-hydrogen) atoms. The Hall–Kier alpha value is 0. The molecule has 0 unspecified atom stereocenters. The van der Waals surface area contributed by atoms with E-state index in [1.165, 1.54) is 25.7 Å². The van der Waals surface area contributed by atoms with E-state index in [0.29, 0.717) is 0 Å². The van der Waals surface area contributed by atoms with Gasteiger partial charge in [0.1, 0.15) is 0 Å². The Bertz CT molecular complexity index is 453. The van der Waals surface area contributed by atoms with Crippen molar-refractivity contribution in [3.05, 3.63) is 0 Å². The van der Waals surface area contributed by atoms with Gasteiger partial charge in [0.05, 0.1) is 0 Å². The molecule has 0 nitrogen and oxygen atoms in total. The fourth-order valence-electron chi connectivity index (χ4n) is 8.39. The summed E-state index contributed by atoms with van der Waals surface area (Å²) in [5, 5.41) is 0. The average Bonchev–Trinajstić information content (AvgIpc) is 3.29. The summed E-state index contributed by atoms with van der Waals surface area (Å²) >= 11 is 0. The van der Waals surface area contributed by atoms with Gasteiger partial charge in [-0.25, -0.2) is 0 Å². The standard InChI is InChI=1S/C28H50/c1-21-7-3-9-23(17-21)18-24-10-5-11-25(19-24)20-28-14-6-13-27(28)16-15-26-12-4-8-22(26)2/h21-28H,3-20H2,1-2H3/t21-,22-,23+,24+,25-,26+,27-,28+/m1/s1. The molecule has 0 aromatic rings. The molecule has 4 rings (SSSR count). The molecule has 162 valence electrons. The molecule has 0 heteroatoms. The molecule has 0 amide bonds. The quantitative estimate of drug-likeness (QED) is 0.409. The second-order valence-electron chi connectivity index (χ2n) is 12.2. The first kappa shape index (κ1) is 21.2. The average molecular weight is 387 g/mol. The van der Waals surface area contributed by atoms with Crippen LogP contribution in [-0.4, -0.2) is 0 Å². The van der Waals surface area contributed by atoms with Gasteiger partial charge in [-0.3, -0.25) is 0 Å².